The first kappa shape index (κ1) is 17.3. The monoisotopic (exact) mass is 376 g/mol. The van der Waals surface area contributed by atoms with Crippen molar-refractivity contribution in [3.05, 3.63) is 69.4 Å². The number of rotatable bonds is 3. The number of halogens is 2. The van der Waals surface area contributed by atoms with E-state index in [1.165, 1.54) is 12.1 Å². The first-order chi connectivity index (χ1) is 11.9. The molecular weight excluding hydrogens is 363 g/mol. The van der Waals surface area contributed by atoms with E-state index in [2.05, 4.69) is 10.9 Å². The Kier molecular flexibility index (Phi) is 4.97. The Labute approximate surface area is 153 Å². The van der Waals surface area contributed by atoms with Crippen molar-refractivity contribution in [1.82, 2.24) is 10.9 Å². The minimum atomic E-state index is -0.548. The van der Waals surface area contributed by atoms with E-state index in [9.17, 15) is 9.59 Å². The number of nitrogens with one attached hydrogen (secondary N) is 2. The van der Waals surface area contributed by atoms with E-state index < -0.39 is 5.91 Å². The fraction of sp³-hybridized carbons (Fsp3) is 0.111. The average Bonchev–Trinajstić information content (AvgIpc) is 2.96. The molecule has 7 heteroatoms. The Hall–Kier alpha value is -2.50. The van der Waals surface area contributed by atoms with Gasteiger partial charge in [-0.15, -0.1) is 0 Å². The lowest BCUT2D eigenvalue weighted by molar-refractivity contribution is -0.121. The van der Waals surface area contributed by atoms with Gasteiger partial charge < -0.3 is 4.42 Å². The van der Waals surface area contributed by atoms with Gasteiger partial charge >= 0.3 is 0 Å². The van der Waals surface area contributed by atoms with Crippen molar-refractivity contribution in [2.75, 3.05) is 0 Å². The molecule has 0 saturated carbocycles. The first-order valence-electron chi connectivity index (χ1n) is 7.45. The van der Waals surface area contributed by atoms with E-state index in [4.69, 9.17) is 27.6 Å². The lowest BCUT2D eigenvalue weighted by Gasteiger charge is -2.08. The SMILES string of the molecule is Cc1ccc2c(CC(=O)NNC(=O)c3cc(Cl)ccc3Cl)coc2c1. The number of amides is 2. The third-order valence-electron chi connectivity index (χ3n) is 3.65. The van der Waals surface area contributed by atoms with Crippen molar-refractivity contribution in [3.8, 4) is 0 Å². The van der Waals surface area contributed by atoms with Crippen molar-refractivity contribution >= 4 is 46.0 Å². The molecule has 0 aliphatic heterocycles. The number of aryl methyl sites for hydroxylation is 1. The molecule has 1 aromatic heterocycles. The number of carbonyl (C=O) groups is 2. The Balaban J connectivity index is 1.64. The summed E-state index contributed by atoms with van der Waals surface area (Å²) in [7, 11) is 0. The number of fused-ring (bicyclic) bond motifs is 1. The van der Waals surface area contributed by atoms with Crippen molar-refractivity contribution < 1.29 is 14.0 Å². The predicted octanol–water partition coefficient (Wildman–Crippen LogP) is 4.05. The van der Waals surface area contributed by atoms with Crippen molar-refractivity contribution in [1.29, 1.82) is 0 Å². The predicted molar refractivity (Wildman–Crippen MR) is 96.7 cm³/mol. The highest BCUT2D eigenvalue weighted by Gasteiger charge is 2.14. The van der Waals surface area contributed by atoms with Gasteiger partial charge in [-0.1, -0.05) is 35.3 Å². The average molecular weight is 377 g/mol. The van der Waals surface area contributed by atoms with Crippen LogP contribution in [-0.4, -0.2) is 11.8 Å². The van der Waals surface area contributed by atoms with Gasteiger partial charge in [0.2, 0.25) is 5.91 Å². The molecule has 2 N–H and O–H groups in total. The van der Waals surface area contributed by atoms with Crippen LogP contribution >= 0.6 is 23.2 Å². The summed E-state index contributed by atoms with van der Waals surface area (Å²) in [6.45, 7) is 1.96. The maximum atomic E-state index is 12.1. The van der Waals surface area contributed by atoms with Crippen LogP contribution in [0.4, 0.5) is 0 Å². The highest BCUT2D eigenvalue weighted by atomic mass is 35.5. The maximum Gasteiger partial charge on any atom is 0.271 e. The molecule has 0 spiro atoms. The third kappa shape index (κ3) is 3.95. The zero-order chi connectivity index (χ0) is 18.0. The fourth-order valence-corrected chi connectivity index (χ4v) is 2.79. The van der Waals surface area contributed by atoms with E-state index in [1.54, 1.807) is 12.3 Å². The second kappa shape index (κ2) is 7.17. The topological polar surface area (TPSA) is 71.3 Å². The summed E-state index contributed by atoms with van der Waals surface area (Å²) < 4.78 is 5.46. The highest BCUT2D eigenvalue weighted by Crippen LogP contribution is 2.23. The molecule has 0 radical (unpaired) electrons. The third-order valence-corrected chi connectivity index (χ3v) is 4.22. The zero-order valence-electron chi connectivity index (χ0n) is 13.2. The molecule has 1 heterocycles. The Morgan fingerprint density at radius 2 is 1.88 bits per heavy atom. The molecule has 25 heavy (non-hydrogen) atoms. The van der Waals surface area contributed by atoms with E-state index in [0.717, 1.165) is 22.1 Å². The molecule has 0 bridgehead atoms. The van der Waals surface area contributed by atoms with Gasteiger partial charge in [0.25, 0.3) is 5.91 Å². The van der Waals surface area contributed by atoms with Gasteiger partial charge in [0.05, 0.1) is 23.3 Å². The lowest BCUT2D eigenvalue weighted by atomic mass is 10.1. The molecule has 2 aromatic carbocycles. The van der Waals surface area contributed by atoms with E-state index >= 15 is 0 Å². The van der Waals surface area contributed by atoms with Gasteiger partial charge in [-0.3, -0.25) is 20.4 Å². The minimum Gasteiger partial charge on any atom is -0.464 e. The highest BCUT2D eigenvalue weighted by molar-refractivity contribution is 6.35. The van der Waals surface area contributed by atoms with Crippen LogP contribution in [0.2, 0.25) is 10.0 Å². The smallest absolute Gasteiger partial charge is 0.271 e. The number of hydrazine groups is 1. The molecule has 3 aromatic rings. The van der Waals surface area contributed by atoms with Crippen LogP contribution < -0.4 is 10.9 Å². The molecule has 0 aliphatic rings. The molecule has 0 atom stereocenters. The van der Waals surface area contributed by atoms with Crippen LogP contribution in [-0.2, 0) is 11.2 Å². The summed E-state index contributed by atoms with van der Waals surface area (Å²) in [6, 6.07) is 10.3. The summed E-state index contributed by atoms with van der Waals surface area (Å²) in [4.78, 5) is 24.2. The van der Waals surface area contributed by atoms with Crippen molar-refractivity contribution in [2.24, 2.45) is 0 Å². The number of carbonyl (C=O) groups excluding carboxylic acids is 2. The summed E-state index contributed by atoms with van der Waals surface area (Å²) in [6.07, 6.45) is 1.61. The van der Waals surface area contributed by atoms with Crippen LogP contribution in [0.25, 0.3) is 11.0 Å². The lowest BCUT2D eigenvalue weighted by Crippen LogP contribution is -2.42. The van der Waals surface area contributed by atoms with E-state index in [1.807, 2.05) is 25.1 Å². The number of furan rings is 1. The number of hydrogen-bond acceptors (Lipinski definition) is 3. The molecule has 5 nitrogen and oxygen atoms in total. The van der Waals surface area contributed by atoms with Crippen molar-refractivity contribution in [2.45, 2.75) is 13.3 Å². The van der Waals surface area contributed by atoms with Gasteiger partial charge in [0.1, 0.15) is 5.58 Å². The van der Waals surface area contributed by atoms with Crippen LogP contribution in [0, 0.1) is 6.92 Å². The van der Waals surface area contributed by atoms with Gasteiger partial charge in [-0.05, 0) is 36.8 Å². The summed E-state index contributed by atoms with van der Waals surface area (Å²) in [5, 5.41) is 1.48. The second-order valence-corrected chi connectivity index (χ2v) is 6.41. The fourth-order valence-electron chi connectivity index (χ4n) is 2.41. The van der Waals surface area contributed by atoms with E-state index in [-0.39, 0.29) is 22.9 Å². The van der Waals surface area contributed by atoms with Gasteiger partial charge in [-0.25, -0.2) is 0 Å². The zero-order valence-corrected chi connectivity index (χ0v) is 14.7. The second-order valence-electron chi connectivity index (χ2n) is 5.56. The molecule has 2 amide bonds. The summed E-state index contributed by atoms with van der Waals surface area (Å²) in [5.41, 5.74) is 7.39. The van der Waals surface area contributed by atoms with Gasteiger partial charge in [0.15, 0.2) is 0 Å². The van der Waals surface area contributed by atoms with Crippen LogP contribution in [0.3, 0.4) is 0 Å². The summed E-state index contributed by atoms with van der Waals surface area (Å²) >= 11 is 11.8. The molecule has 0 saturated heterocycles. The van der Waals surface area contributed by atoms with Crippen LogP contribution in [0.1, 0.15) is 21.5 Å². The number of benzene rings is 2. The normalized spacial score (nSPS) is 10.7. The molecule has 128 valence electrons. The quantitative estimate of drug-likeness (QED) is 0.677. The molecule has 0 aliphatic carbocycles. The Morgan fingerprint density at radius 1 is 1.08 bits per heavy atom. The Morgan fingerprint density at radius 3 is 2.68 bits per heavy atom. The molecule has 3 rings (SSSR count). The largest absolute Gasteiger partial charge is 0.464 e. The Bertz CT molecular complexity index is 966. The minimum absolute atomic E-state index is 0.0691. The van der Waals surface area contributed by atoms with E-state index in [0.29, 0.717) is 5.02 Å². The van der Waals surface area contributed by atoms with Crippen LogP contribution in [0.5, 0.6) is 0 Å². The van der Waals surface area contributed by atoms with Gasteiger partial charge in [-0.2, -0.15) is 0 Å². The number of hydrogen-bond donors (Lipinski definition) is 2. The molecule has 0 fully saturated rings. The summed E-state index contributed by atoms with van der Waals surface area (Å²) in [5.74, 6) is -0.927. The molecular formula is C18H14Cl2N2O3. The maximum absolute atomic E-state index is 12.1. The first-order valence-corrected chi connectivity index (χ1v) is 8.20. The van der Waals surface area contributed by atoms with Crippen LogP contribution in [0.15, 0.2) is 47.1 Å². The standard InChI is InChI=1S/C18H14Cl2N2O3/c1-10-2-4-13-11(9-25-16(13)6-10)7-17(23)21-22-18(24)14-8-12(19)3-5-15(14)20/h2-6,8-9H,7H2,1H3,(H,21,23)(H,22,24). The van der Waals surface area contributed by atoms with Crippen molar-refractivity contribution in [3.63, 3.8) is 0 Å². The van der Waals surface area contributed by atoms with Gasteiger partial charge in [0, 0.05) is 16.0 Å². The molecule has 0 unspecified atom stereocenters.